The van der Waals surface area contributed by atoms with Crippen molar-refractivity contribution in [3.8, 4) is 0 Å². The molecule has 106 valence electrons. The molecule has 1 aliphatic heterocycles. The van der Waals surface area contributed by atoms with E-state index in [0.29, 0.717) is 22.0 Å². The van der Waals surface area contributed by atoms with E-state index in [4.69, 9.17) is 11.6 Å². The number of hydrogen-bond acceptors (Lipinski definition) is 3. The maximum Gasteiger partial charge on any atom is 0.299 e. The second-order valence-electron chi connectivity index (χ2n) is 5.15. The highest BCUT2D eigenvalue weighted by atomic mass is 35.5. The number of fused-ring (bicyclic) bond motifs is 1. The van der Waals surface area contributed by atoms with E-state index < -0.39 is 11.7 Å². The number of aryl methyl sites for hydroxylation is 2. The van der Waals surface area contributed by atoms with Crippen LogP contribution in [0.4, 0.5) is 5.69 Å². The van der Waals surface area contributed by atoms with Crippen LogP contribution in [0.5, 0.6) is 0 Å². The fourth-order valence-electron chi connectivity index (χ4n) is 2.69. The molecule has 0 N–H and O–H groups in total. The van der Waals surface area contributed by atoms with Crippen molar-refractivity contribution < 1.29 is 9.59 Å². The van der Waals surface area contributed by atoms with Crippen LogP contribution in [0.1, 0.15) is 27.0 Å². The number of ketones is 1. The summed E-state index contributed by atoms with van der Waals surface area (Å²) < 4.78 is 0. The maximum atomic E-state index is 12.3. The van der Waals surface area contributed by atoms with Gasteiger partial charge in [0.05, 0.1) is 17.8 Å². The zero-order chi connectivity index (χ0) is 15.1. The van der Waals surface area contributed by atoms with E-state index in [1.807, 2.05) is 19.9 Å². The number of anilines is 1. The predicted octanol–water partition coefficient (Wildman–Crippen LogP) is 3.08. The summed E-state index contributed by atoms with van der Waals surface area (Å²) in [7, 11) is 0. The van der Waals surface area contributed by atoms with Crippen LogP contribution >= 0.6 is 11.6 Å². The summed E-state index contributed by atoms with van der Waals surface area (Å²) in [6.45, 7) is 4.05. The van der Waals surface area contributed by atoms with Gasteiger partial charge in [0.25, 0.3) is 11.7 Å². The summed E-state index contributed by atoms with van der Waals surface area (Å²) >= 11 is 6.04. The zero-order valence-corrected chi connectivity index (χ0v) is 12.4. The average molecular weight is 301 g/mol. The van der Waals surface area contributed by atoms with Gasteiger partial charge in [0.15, 0.2) is 0 Å². The van der Waals surface area contributed by atoms with Gasteiger partial charge in [0.1, 0.15) is 5.15 Å². The van der Waals surface area contributed by atoms with Gasteiger partial charge in [0.2, 0.25) is 0 Å². The van der Waals surface area contributed by atoms with Crippen LogP contribution in [0, 0.1) is 13.8 Å². The summed E-state index contributed by atoms with van der Waals surface area (Å²) in [6, 6.07) is 7.27. The normalized spacial score (nSPS) is 13.8. The predicted molar refractivity (Wildman–Crippen MR) is 80.7 cm³/mol. The van der Waals surface area contributed by atoms with Crippen molar-refractivity contribution in [1.29, 1.82) is 0 Å². The summed E-state index contributed by atoms with van der Waals surface area (Å²) in [6.07, 6.45) is 1.59. The molecule has 0 bridgehead atoms. The lowest BCUT2D eigenvalue weighted by molar-refractivity contribution is -0.114. The third-order valence-corrected chi connectivity index (χ3v) is 3.90. The van der Waals surface area contributed by atoms with E-state index in [-0.39, 0.29) is 6.54 Å². The van der Waals surface area contributed by atoms with E-state index in [0.717, 1.165) is 11.1 Å². The van der Waals surface area contributed by atoms with Crippen molar-refractivity contribution >= 4 is 29.0 Å². The molecule has 21 heavy (non-hydrogen) atoms. The molecular weight excluding hydrogens is 288 g/mol. The molecule has 0 atom stereocenters. The molecule has 0 saturated heterocycles. The van der Waals surface area contributed by atoms with Gasteiger partial charge in [-0.2, -0.15) is 0 Å². The number of nitrogens with zero attached hydrogens (tertiary/aromatic N) is 2. The van der Waals surface area contributed by atoms with Gasteiger partial charge in [-0.1, -0.05) is 23.7 Å². The molecule has 1 aromatic heterocycles. The second-order valence-corrected chi connectivity index (χ2v) is 5.51. The number of rotatable bonds is 2. The summed E-state index contributed by atoms with van der Waals surface area (Å²) in [4.78, 5) is 29.9. The van der Waals surface area contributed by atoms with E-state index in [1.54, 1.807) is 24.4 Å². The lowest BCUT2D eigenvalue weighted by Crippen LogP contribution is -2.29. The van der Waals surface area contributed by atoms with E-state index in [2.05, 4.69) is 4.98 Å². The highest BCUT2D eigenvalue weighted by Gasteiger charge is 2.37. The van der Waals surface area contributed by atoms with Gasteiger partial charge in [-0.15, -0.1) is 0 Å². The molecule has 0 fully saturated rings. The Bertz CT molecular complexity index is 771. The first-order valence-corrected chi connectivity index (χ1v) is 6.93. The molecule has 0 spiro atoms. The lowest BCUT2D eigenvalue weighted by atomic mass is 10.0. The third kappa shape index (κ3) is 2.21. The molecule has 0 saturated carbocycles. The van der Waals surface area contributed by atoms with Crippen molar-refractivity contribution in [2.24, 2.45) is 0 Å². The number of hydrogen-bond donors (Lipinski definition) is 0. The van der Waals surface area contributed by atoms with Gasteiger partial charge in [-0.3, -0.25) is 14.5 Å². The van der Waals surface area contributed by atoms with Crippen LogP contribution in [0.3, 0.4) is 0 Å². The van der Waals surface area contributed by atoms with E-state index in [9.17, 15) is 9.59 Å². The molecule has 1 amide bonds. The number of Topliss-reactive ketones (excluding diaryl/α,β-unsaturated/α-hetero) is 1. The Morgan fingerprint density at radius 1 is 1.24 bits per heavy atom. The number of halogens is 1. The van der Waals surface area contributed by atoms with Gasteiger partial charge in [0, 0.05) is 11.8 Å². The first-order valence-electron chi connectivity index (χ1n) is 6.56. The van der Waals surface area contributed by atoms with Crippen molar-refractivity contribution in [3.05, 3.63) is 57.9 Å². The van der Waals surface area contributed by atoms with Crippen molar-refractivity contribution in [3.63, 3.8) is 0 Å². The fourth-order valence-corrected chi connectivity index (χ4v) is 2.87. The smallest absolute Gasteiger partial charge is 0.299 e. The Kier molecular flexibility index (Phi) is 3.26. The number of benzene rings is 1. The summed E-state index contributed by atoms with van der Waals surface area (Å²) in [5, 5.41) is 0.343. The first kappa shape index (κ1) is 13.8. The molecule has 2 aromatic rings. The molecule has 5 heteroatoms. The Balaban J connectivity index is 2.08. The van der Waals surface area contributed by atoms with E-state index in [1.165, 1.54) is 4.90 Å². The van der Waals surface area contributed by atoms with Crippen LogP contribution in [-0.4, -0.2) is 16.7 Å². The highest BCUT2D eigenvalue weighted by Crippen LogP contribution is 2.35. The lowest BCUT2D eigenvalue weighted by Gasteiger charge is -2.19. The van der Waals surface area contributed by atoms with Crippen LogP contribution in [-0.2, 0) is 11.3 Å². The molecule has 4 nitrogen and oxygen atoms in total. The van der Waals surface area contributed by atoms with Gasteiger partial charge >= 0.3 is 0 Å². The number of aromatic nitrogens is 1. The van der Waals surface area contributed by atoms with E-state index >= 15 is 0 Å². The summed E-state index contributed by atoms with van der Waals surface area (Å²) in [5.41, 5.74) is 3.74. The molecule has 0 radical (unpaired) electrons. The Morgan fingerprint density at radius 3 is 2.71 bits per heavy atom. The standard InChI is InChI=1S/C16H13ClN2O2/c1-9-6-10(2)13-12(7-9)14(20)16(21)19(13)8-11-4-3-5-18-15(11)17/h3-7H,8H2,1-2H3. The zero-order valence-electron chi connectivity index (χ0n) is 11.7. The molecule has 2 heterocycles. The third-order valence-electron chi connectivity index (χ3n) is 3.56. The van der Waals surface area contributed by atoms with Crippen LogP contribution in [0.2, 0.25) is 5.15 Å². The topological polar surface area (TPSA) is 50.3 Å². The Hall–Kier alpha value is -2.20. The Morgan fingerprint density at radius 2 is 2.00 bits per heavy atom. The van der Waals surface area contributed by atoms with Gasteiger partial charge < -0.3 is 0 Å². The number of carbonyl (C=O) groups excluding carboxylic acids is 2. The fraction of sp³-hybridized carbons (Fsp3) is 0.188. The maximum absolute atomic E-state index is 12.3. The average Bonchev–Trinajstić information content (AvgIpc) is 2.67. The van der Waals surface area contributed by atoms with Crippen LogP contribution in [0.25, 0.3) is 0 Å². The molecule has 0 aliphatic carbocycles. The van der Waals surface area contributed by atoms with Crippen molar-refractivity contribution in [2.75, 3.05) is 4.90 Å². The van der Waals surface area contributed by atoms with Gasteiger partial charge in [-0.25, -0.2) is 4.98 Å². The minimum Gasteiger partial charge on any atom is -0.300 e. The van der Waals surface area contributed by atoms with Crippen LogP contribution < -0.4 is 4.90 Å². The largest absolute Gasteiger partial charge is 0.300 e. The van der Waals surface area contributed by atoms with Crippen molar-refractivity contribution in [1.82, 2.24) is 4.98 Å². The SMILES string of the molecule is Cc1cc(C)c2c(c1)C(=O)C(=O)N2Cc1cccnc1Cl. The molecule has 0 unspecified atom stereocenters. The number of pyridine rings is 1. The molecule has 1 aliphatic rings. The Labute approximate surface area is 127 Å². The summed E-state index contributed by atoms with van der Waals surface area (Å²) in [5.74, 6) is -0.976. The minimum absolute atomic E-state index is 0.244. The minimum atomic E-state index is -0.515. The first-order chi connectivity index (χ1) is 9.99. The second kappa shape index (κ2) is 4.97. The number of amides is 1. The number of carbonyl (C=O) groups is 2. The molecular formula is C16H13ClN2O2. The molecule has 3 rings (SSSR count). The van der Waals surface area contributed by atoms with Crippen LogP contribution in [0.15, 0.2) is 30.5 Å². The monoisotopic (exact) mass is 300 g/mol. The van der Waals surface area contributed by atoms with Crippen molar-refractivity contribution in [2.45, 2.75) is 20.4 Å². The quantitative estimate of drug-likeness (QED) is 0.632. The van der Waals surface area contributed by atoms with Gasteiger partial charge in [-0.05, 0) is 37.1 Å². The molecule has 1 aromatic carbocycles. The highest BCUT2D eigenvalue weighted by molar-refractivity contribution is 6.52.